The van der Waals surface area contributed by atoms with Crippen molar-refractivity contribution in [1.29, 1.82) is 0 Å². The lowest BCUT2D eigenvalue weighted by Gasteiger charge is -2.47. The second-order valence-electron chi connectivity index (χ2n) is 7.96. The molecule has 0 spiro atoms. The van der Waals surface area contributed by atoms with Gasteiger partial charge < -0.3 is 15.3 Å². The zero-order valence-electron chi connectivity index (χ0n) is 14.9. The van der Waals surface area contributed by atoms with Gasteiger partial charge in [0.2, 0.25) is 0 Å². The topological polar surface area (TPSA) is 52.6 Å². The minimum absolute atomic E-state index is 0.0322. The normalized spacial score (nSPS) is 27.1. The molecular weight excluding hydrogens is 320 g/mol. The lowest BCUT2D eigenvalue weighted by atomic mass is 9.66. The molecule has 0 aliphatic heterocycles. The van der Waals surface area contributed by atoms with Crippen molar-refractivity contribution in [1.82, 2.24) is 10.2 Å². The van der Waals surface area contributed by atoms with Crippen LogP contribution < -0.4 is 5.32 Å². The Morgan fingerprint density at radius 1 is 1.29 bits per heavy atom. The zero-order valence-corrected chi connectivity index (χ0v) is 15.8. The fraction of sp³-hybridized carbons (Fsp3) is 0.737. The molecule has 0 radical (unpaired) electrons. The van der Waals surface area contributed by atoms with Gasteiger partial charge in [-0.3, -0.25) is 4.79 Å². The van der Waals surface area contributed by atoms with Gasteiger partial charge >= 0.3 is 0 Å². The Morgan fingerprint density at radius 2 is 2.00 bits per heavy atom. The first kappa shape index (κ1) is 17.9. The summed E-state index contributed by atoms with van der Waals surface area (Å²) in [4.78, 5) is 17.0. The van der Waals surface area contributed by atoms with Crippen LogP contribution in [0.25, 0.3) is 0 Å². The van der Waals surface area contributed by atoms with Crippen molar-refractivity contribution >= 4 is 17.2 Å². The fourth-order valence-corrected chi connectivity index (χ4v) is 5.42. The largest absolute Gasteiger partial charge is 0.393 e. The van der Waals surface area contributed by atoms with Crippen LogP contribution in [0.5, 0.6) is 0 Å². The molecule has 4 nitrogen and oxygen atoms in total. The van der Waals surface area contributed by atoms with Crippen LogP contribution in [0.15, 0.2) is 6.07 Å². The number of nitrogens with one attached hydrogen (secondary N) is 1. The number of aryl methyl sites for hydroxylation is 2. The van der Waals surface area contributed by atoms with Crippen molar-refractivity contribution in [3.63, 3.8) is 0 Å². The highest BCUT2D eigenvalue weighted by Gasteiger charge is 2.43. The number of carbonyl (C=O) groups excluding carboxylic acids is 1. The molecule has 0 aromatic carbocycles. The van der Waals surface area contributed by atoms with Crippen molar-refractivity contribution in [3.05, 3.63) is 21.4 Å². The van der Waals surface area contributed by atoms with Crippen molar-refractivity contribution in [2.45, 2.75) is 57.5 Å². The van der Waals surface area contributed by atoms with E-state index in [4.69, 9.17) is 0 Å². The second kappa shape index (κ2) is 7.54. The number of hydrogen-bond acceptors (Lipinski definition) is 4. The third kappa shape index (κ3) is 4.19. The van der Waals surface area contributed by atoms with E-state index in [2.05, 4.69) is 16.3 Å². The Labute approximate surface area is 149 Å². The third-order valence-corrected chi connectivity index (χ3v) is 6.57. The number of hydrogen-bond donors (Lipinski definition) is 2. The van der Waals surface area contributed by atoms with E-state index in [1.807, 2.05) is 14.1 Å². The second-order valence-corrected chi connectivity index (χ2v) is 9.09. The summed E-state index contributed by atoms with van der Waals surface area (Å²) in [5.74, 6) is 0.0614. The van der Waals surface area contributed by atoms with Gasteiger partial charge in [-0.2, -0.15) is 0 Å². The van der Waals surface area contributed by atoms with E-state index < -0.39 is 0 Å². The molecule has 1 aromatic heterocycles. The van der Waals surface area contributed by atoms with Crippen LogP contribution in [0.3, 0.4) is 0 Å². The Hall–Kier alpha value is -0.910. The van der Waals surface area contributed by atoms with E-state index in [-0.39, 0.29) is 17.4 Å². The summed E-state index contributed by atoms with van der Waals surface area (Å²) < 4.78 is 0. The molecule has 24 heavy (non-hydrogen) atoms. The highest BCUT2D eigenvalue weighted by atomic mass is 32.1. The summed E-state index contributed by atoms with van der Waals surface area (Å²) in [6.07, 6.45) is 8.73. The molecule has 2 aliphatic carbocycles. The molecule has 1 aromatic rings. The average Bonchev–Trinajstić information content (AvgIpc) is 2.85. The number of thiophene rings is 1. The molecule has 134 valence electrons. The highest BCUT2D eigenvalue weighted by Crippen LogP contribution is 2.41. The van der Waals surface area contributed by atoms with Gasteiger partial charge in [0.15, 0.2) is 0 Å². The molecule has 3 rings (SSSR count). The molecule has 1 saturated carbocycles. The van der Waals surface area contributed by atoms with Crippen molar-refractivity contribution in [2.24, 2.45) is 5.41 Å². The molecule has 0 saturated heterocycles. The lowest BCUT2D eigenvalue weighted by molar-refractivity contribution is -0.0430. The third-order valence-electron chi connectivity index (χ3n) is 5.33. The minimum atomic E-state index is -0.205. The van der Waals surface area contributed by atoms with Gasteiger partial charge in [0.25, 0.3) is 5.91 Å². The van der Waals surface area contributed by atoms with Crippen LogP contribution in [0.1, 0.15) is 58.6 Å². The average molecular weight is 351 g/mol. The number of aliphatic hydroxyl groups is 1. The predicted octanol–water partition coefficient (Wildman–Crippen LogP) is 2.84. The molecule has 1 fully saturated rings. The number of fused-ring (bicyclic) bond motifs is 1. The molecular formula is C19H30N2O2S. The molecule has 0 atom stereocenters. The molecule has 0 bridgehead atoms. The van der Waals surface area contributed by atoms with Gasteiger partial charge in [-0.25, -0.2) is 0 Å². The number of nitrogens with zero attached hydrogens (tertiary/aromatic N) is 1. The van der Waals surface area contributed by atoms with Gasteiger partial charge in [0, 0.05) is 23.4 Å². The Kier molecular flexibility index (Phi) is 5.63. The smallest absolute Gasteiger partial charge is 0.261 e. The van der Waals surface area contributed by atoms with E-state index in [1.165, 1.54) is 36.1 Å². The molecule has 0 unspecified atom stereocenters. The zero-order chi connectivity index (χ0) is 17.2. The summed E-state index contributed by atoms with van der Waals surface area (Å²) in [5.41, 5.74) is 1.43. The van der Waals surface area contributed by atoms with Crippen LogP contribution in [0.4, 0.5) is 0 Å². The van der Waals surface area contributed by atoms with Crippen LogP contribution in [0, 0.1) is 5.41 Å². The van der Waals surface area contributed by atoms with Crippen molar-refractivity contribution < 1.29 is 9.90 Å². The van der Waals surface area contributed by atoms with E-state index in [0.29, 0.717) is 6.54 Å². The standard InChI is InChI=1S/C19H30N2O2S/c1-21(2)13-19(10-15(22)11-19)12-20-18(23)17-9-14-7-5-3-4-6-8-16(14)24-17/h9,15,22H,3-8,10-13H2,1-2H3,(H,20,23). The summed E-state index contributed by atoms with van der Waals surface area (Å²) in [6.45, 7) is 1.56. The van der Waals surface area contributed by atoms with Crippen LogP contribution >= 0.6 is 11.3 Å². The maximum atomic E-state index is 12.6. The molecule has 5 heteroatoms. The van der Waals surface area contributed by atoms with Gasteiger partial charge in [0.1, 0.15) is 0 Å². The molecule has 2 N–H and O–H groups in total. The molecule has 2 aliphatic rings. The Bertz CT molecular complexity index is 550. The van der Waals surface area contributed by atoms with Crippen LogP contribution in [-0.4, -0.2) is 49.2 Å². The Balaban J connectivity index is 1.61. The maximum Gasteiger partial charge on any atom is 0.261 e. The summed E-state index contributed by atoms with van der Waals surface area (Å²) >= 11 is 1.68. The summed E-state index contributed by atoms with van der Waals surface area (Å²) in [7, 11) is 4.10. The first-order valence-corrected chi connectivity index (χ1v) is 10.0. The van der Waals surface area contributed by atoms with Crippen LogP contribution in [0.2, 0.25) is 0 Å². The minimum Gasteiger partial charge on any atom is -0.393 e. The lowest BCUT2D eigenvalue weighted by Crippen LogP contribution is -2.53. The summed E-state index contributed by atoms with van der Waals surface area (Å²) in [5, 5.41) is 12.9. The predicted molar refractivity (Wildman–Crippen MR) is 98.8 cm³/mol. The first-order valence-electron chi connectivity index (χ1n) is 9.20. The van der Waals surface area contributed by atoms with Gasteiger partial charge in [-0.1, -0.05) is 12.8 Å². The van der Waals surface area contributed by atoms with Gasteiger partial charge in [-0.15, -0.1) is 11.3 Å². The maximum absolute atomic E-state index is 12.6. The first-order chi connectivity index (χ1) is 11.5. The Morgan fingerprint density at radius 3 is 2.67 bits per heavy atom. The number of aliphatic hydroxyl groups excluding tert-OH is 1. The fourth-order valence-electron chi connectivity index (χ4n) is 4.25. The SMILES string of the molecule is CN(C)CC1(CNC(=O)c2cc3c(s2)CCCCCC3)CC(O)C1. The number of rotatable bonds is 5. The number of carbonyl (C=O) groups is 1. The van der Waals surface area contributed by atoms with E-state index in [0.717, 1.165) is 37.1 Å². The number of amides is 1. The molecule has 1 amide bonds. The monoisotopic (exact) mass is 350 g/mol. The highest BCUT2D eigenvalue weighted by molar-refractivity contribution is 7.14. The van der Waals surface area contributed by atoms with Crippen molar-refractivity contribution in [2.75, 3.05) is 27.2 Å². The van der Waals surface area contributed by atoms with E-state index >= 15 is 0 Å². The molecule has 1 heterocycles. The van der Waals surface area contributed by atoms with Crippen LogP contribution in [-0.2, 0) is 12.8 Å². The van der Waals surface area contributed by atoms with Crippen molar-refractivity contribution in [3.8, 4) is 0 Å². The van der Waals surface area contributed by atoms with E-state index in [9.17, 15) is 9.90 Å². The van der Waals surface area contributed by atoms with E-state index in [1.54, 1.807) is 11.3 Å². The van der Waals surface area contributed by atoms with Gasteiger partial charge in [-0.05, 0) is 64.3 Å². The van der Waals surface area contributed by atoms with Gasteiger partial charge in [0.05, 0.1) is 11.0 Å². The summed E-state index contributed by atoms with van der Waals surface area (Å²) in [6, 6.07) is 2.12. The quantitative estimate of drug-likeness (QED) is 0.858.